The van der Waals surface area contributed by atoms with Crippen LogP contribution in [0.2, 0.25) is 5.15 Å². The number of rotatable bonds is 6. The molecule has 2 N–H and O–H groups in total. The first kappa shape index (κ1) is 21.1. The van der Waals surface area contributed by atoms with Crippen molar-refractivity contribution in [2.24, 2.45) is 0 Å². The molecule has 4 aromatic rings. The maximum atomic E-state index is 11.6. The van der Waals surface area contributed by atoms with Crippen LogP contribution in [0.1, 0.15) is 59.9 Å². The van der Waals surface area contributed by atoms with Gasteiger partial charge in [0, 0.05) is 17.4 Å². The zero-order chi connectivity index (χ0) is 22.3. The van der Waals surface area contributed by atoms with Crippen molar-refractivity contribution >= 4 is 39.7 Å². The molecule has 4 rings (SSSR count). The number of imidazole rings is 1. The zero-order valence-electron chi connectivity index (χ0n) is 17.9. The van der Waals surface area contributed by atoms with Crippen LogP contribution in [-0.4, -0.2) is 30.4 Å². The van der Waals surface area contributed by atoms with Gasteiger partial charge < -0.3 is 10.4 Å². The van der Waals surface area contributed by atoms with Gasteiger partial charge in [0.1, 0.15) is 17.3 Å². The fourth-order valence-corrected chi connectivity index (χ4v) is 4.17. The van der Waals surface area contributed by atoms with Gasteiger partial charge in [0.2, 0.25) is 0 Å². The Hall–Kier alpha value is -3.19. The van der Waals surface area contributed by atoms with E-state index in [1.54, 1.807) is 12.1 Å². The highest BCUT2D eigenvalue weighted by molar-refractivity contribution is 6.29. The lowest BCUT2D eigenvalue weighted by atomic mass is 9.99. The van der Waals surface area contributed by atoms with E-state index in [1.807, 2.05) is 13.3 Å². The van der Waals surface area contributed by atoms with E-state index >= 15 is 0 Å². The summed E-state index contributed by atoms with van der Waals surface area (Å²) in [5.74, 6) is -0.197. The van der Waals surface area contributed by atoms with Crippen LogP contribution in [0.15, 0.2) is 30.6 Å². The highest BCUT2D eigenvalue weighted by Gasteiger charge is 2.20. The molecule has 7 nitrogen and oxygen atoms in total. The van der Waals surface area contributed by atoms with Gasteiger partial charge in [-0.2, -0.15) is 0 Å². The summed E-state index contributed by atoms with van der Waals surface area (Å²) in [6, 6.07) is 7.24. The number of aromatic carboxylic acids is 1. The van der Waals surface area contributed by atoms with Gasteiger partial charge in [-0.15, -0.1) is 0 Å². The van der Waals surface area contributed by atoms with Crippen molar-refractivity contribution in [1.82, 2.24) is 19.4 Å². The summed E-state index contributed by atoms with van der Waals surface area (Å²) in [5, 5.41) is 14.0. The van der Waals surface area contributed by atoms with E-state index in [0.29, 0.717) is 5.69 Å². The quantitative estimate of drug-likeness (QED) is 0.401. The van der Waals surface area contributed by atoms with E-state index in [0.717, 1.165) is 51.9 Å². The summed E-state index contributed by atoms with van der Waals surface area (Å²) in [6.07, 6.45) is 3.45. The molecule has 0 spiro atoms. The van der Waals surface area contributed by atoms with Crippen LogP contribution in [-0.2, 0) is 12.8 Å². The third-order valence-electron chi connectivity index (χ3n) is 5.45. The van der Waals surface area contributed by atoms with Crippen molar-refractivity contribution in [2.75, 3.05) is 5.32 Å². The number of halogens is 1. The van der Waals surface area contributed by atoms with Crippen molar-refractivity contribution in [3.63, 3.8) is 0 Å². The molecule has 0 saturated carbocycles. The molecule has 1 atom stereocenters. The van der Waals surface area contributed by atoms with Gasteiger partial charge in [-0.1, -0.05) is 31.5 Å². The summed E-state index contributed by atoms with van der Waals surface area (Å²) < 4.78 is 2.08. The SMILES string of the molecule is CCc1ncn2c(CC)nc3c([C@@H](C)Nc4ccc(Cl)nc4C(=O)O)cc(C)cc3c12. The minimum absolute atomic E-state index is 0.107. The van der Waals surface area contributed by atoms with Crippen molar-refractivity contribution in [3.8, 4) is 0 Å². The highest BCUT2D eigenvalue weighted by atomic mass is 35.5. The Labute approximate surface area is 185 Å². The standard InChI is InChI=1S/C23H24ClN5O2/c1-5-16-22-15-10-12(3)9-14(20(15)28-19(6-2)29(22)11-25-16)13(4)26-17-7-8-18(24)27-21(17)23(30)31/h7-11,13,26H,5-6H2,1-4H3,(H,30,31)/t13-/m1/s1. The molecule has 31 heavy (non-hydrogen) atoms. The number of aryl methyl sites for hydroxylation is 3. The van der Waals surface area contributed by atoms with Crippen molar-refractivity contribution in [2.45, 2.75) is 46.6 Å². The lowest BCUT2D eigenvalue weighted by Crippen LogP contribution is -2.13. The molecule has 0 aliphatic rings. The fraction of sp³-hybridized carbons (Fsp3) is 0.304. The van der Waals surface area contributed by atoms with Gasteiger partial charge in [-0.05, 0) is 44.0 Å². The first-order valence-electron chi connectivity index (χ1n) is 10.3. The molecule has 0 radical (unpaired) electrons. The maximum absolute atomic E-state index is 11.6. The zero-order valence-corrected chi connectivity index (χ0v) is 18.7. The Kier molecular flexibility index (Phi) is 5.54. The van der Waals surface area contributed by atoms with E-state index in [-0.39, 0.29) is 16.9 Å². The first-order valence-corrected chi connectivity index (χ1v) is 10.7. The molecule has 0 fully saturated rings. The number of carboxylic acid groups (broad SMARTS) is 1. The third kappa shape index (κ3) is 3.70. The molecule has 3 heterocycles. The molecule has 0 unspecified atom stereocenters. The van der Waals surface area contributed by atoms with Crippen molar-refractivity contribution in [3.05, 3.63) is 64.1 Å². The molecule has 0 aliphatic heterocycles. The van der Waals surface area contributed by atoms with E-state index in [1.165, 1.54) is 0 Å². The van der Waals surface area contributed by atoms with Crippen LogP contribution < -0.4 is 5.32 Å². The van der Waals surface area contributed by atoms with Crippen LogP contribution in [0.25, 0.3) is 16.4 Å². The minimum Gasteiger partial charge on any atom is -0.476 e. The number of nitrogens with one attached hydrogen (secondary N) is 1. The molecule has 0 aliphatic carbocycles. The summed E-state index contributed by atoms with van der Waals surface area (Å²) in [5.41, 5.74) is 5.40. The summed E-state index contributed by atoms with van der Waals surface area (Å²) >= 11 is 5.90. The van der Waals surface area contributed by atoms with Crippen molar-refractivity contribution < 1.29 is 9.90 Å². The van der Waals surface area contributed by atoms with E-state index in [9.17, 15) is 9.90 Å². The molecule has 1 aromatic carbocycles. The number of fused-ring (bicyclic) bond motifs is 3. The average Bonchev–Trinajstić information content (AvgIpc) is 3.18. The highest BCUT2D eigenvalue weighted by Crippen LogP contribution is 2.32. The molecule has 160 valence electrons. The summed E-state index contributed by atoms with van der Waals surface area (Å²) in [6.45, 7) is 8.22. The number of benzene rings is 1. The number of carbonyl (C=O) groups is 1. The Morgan fingerprint density at radius 3 is 2.68 bits per heavy atom. The van der Waals surface area contributed by atoms with Crippen LogP contribution in [0.3, 0.4) is 0 Å². The largest absolute Gasteiger partial charge is 0.476 e. The van der Waals surface area contributed by atoms with Crippen LogP contribution >= 0.6 is 11.6 Å². The number of aromatic nitrogens is 4. The van der Waals surface area contributed by atoms with Gasteiger partial charge in [0.25, 0.3) is 0 Å². The number of hydrogen-bond donors (Lipinski definition) is 2. The Morgan fingerprint density at radius 2 is 2.00 bits per heavy atom. The minimum atomic E-state index is -1.13. The summed E-state index contributed by atoms with van der Waals surface area (Å²) in [7, 11) is 0. The molecule has 0 saturated heterocycles. The molecular weight excluding hydrogens is 414 g/mol. The van der Waals surface area contributed by atoms with Gasteiger partial charge in [-0.3, -0.25) is 4.40 Å². The van der Waals surface area contributed by atoms with E-state index in [4.69, 9.17) is 16.6 Å². The monoisotopic (exact) mass is 437 g/mol. The second kappa shape index (κ2) is 8.15. The number of carboxylic acids is 1. The number of hydrogen-bond acceptors (Lipinski definition) is 5. The molecule has 3 aromatic heterocycles. The third-order valence-corrected chi connectivity index (χ3v) is 5.67. The predicted molar refractivity (Wildman–Crippen MR) is 122 cm³/mol. The molecule has 8 heteroatoms. The Bertz CT molecular complexity index is 1310. The smallest absolute Gasteiger partial charge is 0.356 e. The second-order valence-electron chi connectivity index (χ2n) is 7.60. The lowest BCUT2D eigenvalue weighted by Gasteiger charge is -2.20. The first-order chi connectivity index (χ1) is 14.8. The number of anilines is 1. The van der Waals surface area contributed by atoms with E-state index < -0.39 is 5.97 Å². The van der Waals surface area contributed by atoms with Crippen LogP contribution in [0.5, 0.6) is 0 Å². The normalized spacial score (nSPS) is 12.4. The molecule has 0 bridgehead atoms. The maximum Gasteiger partial charge on any atom is 0.356 e. The van der Waals surface area contributed by atoms with Crippen LogP contribution in [0.4, 0.5) is 5.69 Å². The fourth-order valence-electron chi connectivity index (χ4n) is 4.03. The topological polar surface area (TPSA) is 92.4 Å². The lowest BCUT2D eigenvalue weighted by molar-refractivity contribution is 0.0691. The summed E-state index contributed by atoms with van der Waals surface area (Å²) in [4.78, 5) is 25.2. The average molecular weight is 438 g/mol. The van der Waals surface area contributed by atoms with Gasteiger partial charge in [0.15, 0.2) is 5.69 Å². The number of nitrogens with zero attached hydrogens (tertiary/aromatic N) is 4. The van der Waals surface area contributed by atoms with Gasteiger partial charge in [0.05, 0.1) is 28.5 Å². The van der Waals surface area contributed by atoms with E-state index in [2.05, 4.69) is 52.6 Å². The van der Waals surface area contributed by atoms with Gasteiger partial charge >= 0.3 is 5.97 Å². The molecule has 0 amide bonds. The second-order valence-corrected chi connectivity index (χ2v) is 7.98. The van der Waals surface area contributed by atoms with Crippen molar-refractivity contribution in [1.29, 1.82) is 0 Å². The predicted octanol–water partition coefficient (Wildman–Crippen LogP) is 5.24. The molecular formula is C23H24ClN5O2. The number of pyridine rings is 1. The van der Waals surface area contributed by atoms with Gasteiger partial charge in [-0.25, -0.2) is 19.7 Å². The Balaban J connectivity index is 1.91. The van der Waals surface area contributed by atoms with Crippen LogP contribution in [0, 0.1) is 6.92 Å². The Morgan fingerprint density at radius 1 is 1.23 bits per heavy atom.